The number of nitrogens with zero attached hydrogens (tertiary/aromatic N) is 1. The highest BCUT2D eigenvalue weighted by atomic mass is 16.5. The van der Waals surface area contributed by atoms with E-state index in [0.29, 0.717) is 13.2 Å². The number of benzene rings is 1. The van der Waals surface area contributed by atoms with E-state index in [4.69, 9.17) is 10.5 Å². The number of ether oxygens (including phenoxy) is 1. The van der Waals surface area contributed by atoms with Crippen molar-refractivity contribution in [3.8, 4) is 0 Å². The van der Waals surface area contributed by atoms with Crippen LogP contribution in [0.25, 0.3) is 11.0 Å². The summed E-state index contributed by atoms with van der Waals surface area (Å²) in [5.41, 5.74) is 9.28. The van der Waals surface area contributed by atoms with Gasteiger partial charge in [-0.15, -0.1) is 0 Å². The summed E-state index contributed by atoms with van der Waals surface area (Å²) in [5, 5.41) is 0. The van der Waals surface area contributed by atoms with Crippen LogP contribution < -0.4 is 5.73 Å². The Hall–Kier alpha value is -1.39. The summed E-state index contributed by atoms with van der Waals surface area (Å²) in [5.74, 6) is 0.938. The minimum Gasteiger partial charge on any atom is -0.379 e. The quantitative estimate of drug-likeness (QED) is 0.849. The van der Waals surface area contributed by atoms with Crippen LogP contribution in [-0.2, 0) is 10.2 Å². The van der Waals surface area contributed by atoms with E-state index in [1.165, 1.54) is 5.56 Å². The predicted octanol–water partition coefficient (Wildman–Crippen LogP) is 1.88. The first kappa shape index (κ1) is 11.7. The smallest absolute Gasteiger partial charge is 0.104 e. The van der Waals surface area contributed by atoms with Gasteiger partial charge in [-0.1, -0.05) is 6.07 Å². The number of nitrogens with one attached hydrogen (secondary N) is 1. The van der Waals surface area contributed by atoms with Crippen LogP contribution in [0.5, 0.6) is 0 Å². The molecule has 2 aromatic rings. The van der Waals surface area contributed by atoms with E-state index in [1.54, 1.807) is 0 Å². The molecule has 0 amide bonds. The molecule has 0 saturated carbocycles. The maximum absolute atomic E-state index is 6.35. The SMILES string of the molecule is Cc1nc2ccc(C3(C(C)(C)N)COC3)cc2[nH]1. The van der Waals surface area contributed by atoms with Crippen molar-refractivity contribution in [1.29, 1.82) is 0 Å². The number of aromatic nitrogens is 2. The minimum absolute atomic E-state index is 0.0831. The maximum Gasteiger partial charge on any atom is 0.104 e. The molecular weight excluding hydrogens is 226 g/mol. The van der Waals surface area contributed by atoms with E-state index in [-0.39, 0.29) is 11.0 Å². The highest BCUT2D eigenvalue weighted by Crippen LogP contribution is 2.41. The Balaban J connectivity index is 2.13. The van der Waals surface area contributed by atoms with E-state index >= 15 is 0 Å². The van der Waals surface area contributed by atoms with Gasteiger partial charge in [-0.3, -0.25) is 0 Å². The van der Waals surface area contributed by atoms with E-state index < -0.39 is 0 Å². The number of hydrogen-bond acceptors (Lipinski definition) is 3. The fourth-order valence-corrected chi connectivity index (χ4v) is 2.65. The molecule has 0 bridgehead atoms. The summed E-state index contributed by atoms with van der Waals surface area (Å²) in [6.45, 7) is 7.48. The number of aromatic amines is 1. The first-order chi connectivity index (χ1) is 8.42. The third-order valence-electron chi connectivity index (χ3n) is 4.08. The Morgan fingerprint density at radius 1 is 1.39 bits per heavy atom. The van der Waals surface area contributed by atoms with Crippen LogP contribution in [0.15, 0.2) is 18.2 Å². The lowest BCUT2D eigenvalue weighted by molar-refractivity contribution is -0.0918. The van der Waals surface area contributed by atoms with Crippen LogP contribution in [0.1, 0.15) is 25.2 Å². The van der Waals surface area contributed by atoms with Gasteiger partial charge in [0.2, 0.25) is 0 Å². The third-order valence-corrected chi connectivity index (χ3v) is 4.08. The molecule has 1 aromatic carbocycles. The Morgan fingerprint density at radius 2 is 2.11 bits per heavy atom. The van der Waals surface area contributed by atoms with Crippen molar-refractivity contribution >= 4 is 11.0 Å². The van der Waals surface area contributed by atoms with E-state index in [9.17, 15) is 0 Å². The van der Waals surface area contributed by atoms with E-state index in [1.807, 2.05) is 6.92 Å². The number of H-pyrrole nitrogens is 1. The second-order valence-corrected chi connectivity index (χ2v) is 5.85. The predicted molar refractivity (Wildman–Crippen MR) is 71.6 cm³/mol. The first-order valence-corrected chi connectivity index (χ1v) is 6.26. The van der Waals surface area contributed by atoms with Gasteiger partial charge in [0.1, 0.15) is 5.82 Å². The molecule has 0 radical (unpaired) electrons. The van der Waals surface area contributed by atoms with Gasteiger partial charge >= 0.3 is 0 Å². The Labute approximate surface area is 107 Å². The van der Waals surface area contributed by atoms with Crippen molar-refractivity contribution in [2.24, 2.45) is 5.73 Å². The van der Waals surface area contributed by atoms with Gasteiger partial charge in [0.05, 0.1) is 29.7 Å². The highest BCUT2D eigenvalue weighted by molar-refractivity contribution is 5.76. The van der Waals surface area contributed by atoms with Gasteiger partial charge in [-0.05, 0) is 38.5 Å². The molecule has 4 nitrogen and oxygen atoms in total. The van der Waals surface area contributed by atoms with Crippen LogP contribution >= 0.6 is 0 Å². The monoisotopic (exact) mass is 245 g/mol. The second kappa shape index (κ2) is 3.56. The number of aryl methyl sites for hydroxylation is 1. The average molecular weight is 245 g/mol. The van der Waals surface area contributed by atoms with Gasteiger partial charge in [0.25, 0.3) is 0 Å². The summed E-state index contributed by atoms with van der Waals surface area (Å²) < 4.78 is 5.43. The largest absolute Gasteiger partial charge is 0.379 e. The van der Waals surface area contributed by atoms with Gasteiger partial charge in [0, 0.05) is 5.54 Å². The molecule has 1 saturated heterocycles. The topological polar surface area (TPSA) is 63.9 Å². The van der Waals surface area contributed by atoms with Crippen molar-refractivity contribution in [3.05, 3.63) is 29.6 Å². The molecule has 3 rings (SSSR count). The summed E-state index contributed by atoms with van der Waals surface area (Å²) in [6.07, 6.45) is 0. The zero-order valence-corrected chi connectivity index (χ0v) is 11.1. The average Bonchev–Trinajstić information content (AvgIpc) is 2.52. The number of hydrogen-bond donors (Lipinski definition) is 2. The Bertz CT molecular complexity index is 591. The Morgan fingerprint density at radius 3 is 2.67 bits per heavy atom. The molecule has 1 aliphatic heterocycles. The zero-order chi connectivity index (χ0) is 13.0. The van der Waals surface area contributed by atoms with Gasteiger partial charge in [-0.25, -0.2) is 4.98 Å². The molecule has 2 heterocycles. The molecule has 96 valence electrons. The highest BCUT2D eigenvalue weighted by Gasteiger charge is 2.50. The summed E-state index contributed by atoms with van der Waals surface area (Å²) >= 11 is 0. The lowest BCUT2D eigenvalue weighted by atomic mass is 9.66. The summed E-state index contributed by atoms with van der Waals surface area (Å²) in [6, 6.07) is 6.34. The molecule has 0 unspecified atom stereocenters. The van der Waals surface area contributed by atoms with Gasteiger partial charge in [-0.2, -0.15) is 0 Å². The number of imidazole rings is 1. The summed E-state index contributed by atoms with van der Waals surface area (Å²) in [7, 11) is 0. The summed E-state index contributed by atoms with van der Waals surface area (Å²) in [4.78, 5) is 7.70. The van der Waals surface area contributed by atoms with Gasteiger partial charge < -0.3 is 15.5 Å². The fraction of sp³-hybridized carbons (Fsp3) is 0.500. The van der Waals surface area contributed by atoms with Crippen molar-refractivity contribution in [3.63, 3.8) is 0 Å². The molecule has 0 atom stereocenters. The van der Waals surface area contributed by atoms with Crippen molar-refractivity contribution in [2.75, 3.05) is 13.2 Å². The van der Waals surface area contributed by atoms with Crippen LogP contribution in [0, 0.1) is 6.92 Å². The molecule has 1 aliphatic rings. The molecular formula is C14H19N3O. The van der Waals surface area contributed by atoms with Crippen molar-refractivity contribution in [1.82, 2.24) is 9.97 Å². The standard InChI is InChI=1S/C14H19N3O/c1-9-16-11-5-4-10(6-12(11)17-9)14(7-18-8-14)13(2,3)15/h4-6H,7-8,15H2,1-3H3,(H,16,17). The van der Waals surface area contributed by atoms with Gasteiger partial charge in [0.15, 0.2) is 0 Å². The van der Waals surface area contributed by atoms with E-state index in [0.717, 1.165) is 16.9 Å². The van der Waals surface area contributed by atoms with Crippen LogP contribution in [0.4, 0.5) is 0 Å². The number of nitrogens with two attached hydrogens (primary N) is 1. The maximum atomic E-state index is 6.35. The molecule has 4 heteroatoms. The number of fused-ring (bicyclic) bond motifs is 1. The molecule has 0 spiro atoms. The lowest BCUT2D eigenvalue weighted by Crippen LogP contribution is -2.64. The normalized spacial score (nSPS) is 18.9. The molecule has 0 aliphatic carbocycles. The second-order valence-electron chi connectivity index (χ2n) is 5.85. The minimum atomic E-state index is -0.298. The van der Waals surface area contributed by atoms with Crippen LogP contribution in [0.3, 0.4) is 0 Å². The van der Waals surface area contributed by atoms with Crippen LogP contribution in [0.2, 0.25) is 0 Å². The van der Waals surface area contributed by atoms with Crippen LogP contribution in [-0.4, -0.2) is 28.7 Å². The van der Waals surface area contributed by atoms with E-state index in [2.05, 4.69) is 42.0 Å². The molecule has 18 heavy (non-hydrogen) atoms. The Kier molecular flexibility index (Phi) is 2.31. The fourth-order valence-electron chi connectivity index (χ4n) is 2.65. The lowest BCUT2D eigenvalue weighted by Gasteiger charge is -2.51. The van der Waals surface area contributed by atoms with Crippen molar-refractivity contribution in [2.45, 2.75) is 31.7 Å². The zero-order valence-electron chi connectivity index (χ0n) is 11.1. The molecule has 1 fully saturated rings. The number of rotatable bonds is 2. The third kappa shape index (κ3) is 1.49. The molecule has 1 aromatic heterocycles. The molecule has 3 N–H and O–H groups in total. The first-order valence-electron chi connectivity index (χ1n) is 6.26. The van der Waals surface area contributed by atoms with Crippen molar-refractivity contribution < 1.29 is 4.74 Å².